The molecule has 0 saturated heterocycles. The van der Waals surface area contributed by atoms with E-state index in [0.717, 1.165) is 12.1 Å². The van der Waals surface area contributed by atoms with Gasteiger partial charge < -0.3 is 19.5 Å². The zero-order valence-electron chi connectivity index (χ0n) is 22.8. The Morgan fingerprint density at radius 3 is 2.32 bits per heavy atom. The summed E-state index contributed by atoms with van der Waals surface area (Å²) in [7, 11) is 0. The van der Waals surface area contributed by atoms with Gasteiger partial charge >= 0.3 is 6.18 Å². The van der Waals surface area contributed by atoms with Crippen LogP contribution in [0.2, 0.25) is 0 Å². The van der Waals surface area contributed by atoms with Crippen LogP contribution >= 0.6 is 0 Å². The fourth-order valence-electron chi connectivity index (χ4n) is 4.21. The van der Waals surface area contributed by atoms with Gasteiger partial charge in [0.1, 0.15) is 11.7 Å². The standard InChI is InChI=1S/C28H30F3N5O5/c1-4-39-22-13-19(14-23(40-5-2)24(22)41-6-3)26(37)32-10-11-36-25-21(15-34-36)27(38)35(17-33-25)16-18-8-7-9-20(12-18)28(29,30)31/h7-9,12-15,17H,4-6,10-11,16H2,1-3H3,(H,32,37). The molecule has 0 fully saturated rings. The van der Waals surface area contributed by atoms with E-state index in [0.29, 0.717) is 53.8 Å². The SMILES string of the molecule is CCOc1cc(C(=O)NCCn2ncc3c(=O)n(Cc4cccc(C(F)(F)F)c4)cnc32)cc(OCC)c1OCC. The van der Waals surface area contributed by atoms with Crippen molar-refractivity contribution in [2.24, 2.45) is 0 Å². The summed E-state index contributed by atoms with van der Waals surface area (Å²) < 4.78 is 58.9. The van der Waals surface area contributed by atoms with E-state index in [1.54, 1.807) is 12.1 Å². The van der Waals surface area contributed by atoms with Crippen LogP contribution in [-0.2, 0) is 19.3 Å². The lowest BCUT2D eigenvalue weighted by Gasteiger charge is -2.17. The second-order valence-corrected chi connectivity index (χ2v) is 8.84. The summed E-state index contributed by atoms with van der Waals surface area (Å²) >= 11 is 0. The van der Waals surface area contributed by atoms with Gasteiger partial charge in [-0.25, -0.2) is 9.67 Å². The molecule has 1 N–H and O–H groups in total. The largest absolute Gasteiger partial charge is 0.490 e. The van der Waals surface area contributed by atoms with Crippen LogP contribution in [0.5, 0.6) is 17.2 Å². The number of hydrogen-bond acceptors (Lipinski definition) is 7. The molecule has 4 aromatic rings. The molecule has 0 bridgehead atoms. The second-order valence-electron chi connectivity index (χ2n) is 8.84. The van der Waals surface area contributed by atoms with Gasteiger partial charge in [0.2, 0.25) is 5.75 Å². The minimum Gasteiger partial charge on any atom is -0.490 e. The van der Waals surface area contributed by atoms with E-state index < -0.39 is 17.3 Å². The van der Waals surface area contributed by atoms with E-state index in [4.69, 9.17) is 14.2 Å². The number of rotatable bonds is 12. The summed E-state index contributed by atoms with van der Waals surface area (Å²) in [5.74, 6) is 0.853. The number of benzene rings is 2. The smallest absolute Gasteiger partial charge is 0.416 e. The van der Waals surface area contributed by atoms with Gasteiger partial charge in [-0.2, -0.15) is 18.3 Å². The van der Waals surface area contributed by atoms with Crippen molar-refractivity contribution in [2.75, 3.05) is 26.4 Å². The number of fused-ring (bicyclic) bond motifs is 1. The molecule has 0 radical (unpaired) electrons. The molecule has 1 amide bonds. The summed E-state index contributed by atoms with van der Waals surface area (Å²) in [6.07, 6.45) is -1.86. The monoisotopic (exact) mass is 573 g/mol. The Morgan fingerprint density at radius 1 is 1.00 bits per heavy atom. The summed E-state index contributed by atoms with van der Waals surface area (Å²) in [5, 5.41) is 7.24. The number of halogens is 3. The quantitative estimate of drug-likeness (QED) is 0.269. The molecule has 218 valence electrons. The Morgan fingerprint density at radius 2 is 1.68 bits per heavy atom. The molecular formula is C28H30F3N5O5. The molecule has 2 aromatic carbocycles. The number of ether oxygens (including phenoxy) is 3. The number of nitrogens with zero attached hydrogens (tertiary/aromatic N) is 4. The van der Waals surface area contributed by atoms with Crippen molar-refractivity contribution in [1.82, 2.24) is 24.6 Å². The second kappa shape index (κ2) is 12.7. The van der Waals surface area contributed by atoms with Crippen LogP contribution in [-0.4, -0.2) is 51.6 Å². The van der Waals surface area contributed by atoms with Crippen LogP contribution in [0.1, 0.15) is 42.3 Å². The zero-order valence-corrected chi connectivity index (χ0v) is 22.8. The minimum atomic E-state index is -4.48. The van der Waals surface area contributed by atoms with Gasteiger partial charge in [-0.1, -0.05) is 12.1 Å². The van der Waals surface area contributed by atoms with Crippen LogP contribution in [0.25, 0.3) is 11.0 Å². The molecule has 2 aromatic heterocycles. The maximum Gasteiger partial charge on any atom is 0.416 e. The molecule has 0 atom stereocenters. The highest BCUT2D eigenvalue weighted by Crippen LogP contribution is 2.39. The van der Waals surface area contributed by atoms with E-state index in [9.17, 15) is 22.8 Å². The zero-order chi connectivity index (χ0) is 29.6. The Balaban J connectivity index is 1.47. The van der Waals surface area contributed by atoms with E-state index in [1.165, 1.54) is 33.9 Å². The predicted octanol–water partition coefficient (Wildman–Crippen LogP) is 4.29. The van der Waals surface area contributed by atoms with Crippen molar-refractivity contribution >= 4 is 16.9 Å². The van der Waals surface area contributed by atoms with E-state index >= 15 is 0 Å². The van der Waals surface area contributed by atoms with Gasteiger partial charge in [0.15, 0.2) is 17.1 Å². The van der Waals surface area contributed by atoms with Gasteiger partial charge in [0, 0.05) is 12.1 Å². The highest BCUT2D eigenvalue weighted by atomic mass is 19.4. The minimum absolute atomic E-state index is 0.0809. The molecular weight excluding hydrogens is 543 g/mol. The maximum absolute atomic E-state index is 13.1. The molecule has 0 unspecified atom stereocenters. The van der Waals surface area contributed by atoms with Gasteiger partial charge in [-0.05, 0) is 50.6 Å². The Labute approximate surface area is 233 Å². The molecule has 41 heavy (non-hydrogen) atoms. The summed E-state index contributed by atoms with van der Waals surface area (Å²) in [4.78, 5) is 30.2. The first-order valence-corrected chi connectivity index (χ1v) is 13.1. The molecule has 13 heteroatoms. The molecule has 0 saturated carbocycles. The predicted molar refractivity (Wildman–Crippen MR) is 145 cm³/mol. The first-order chi connectivity index (χ1) is 19.7. The van der Waals surface area contributed by atoms with Crippen molar-refractivity contribution in [3.63, 3.8) is 0 Å². The highest BCUT2D eigenvalue weighted by Gasteiger charge is 2.30. The van der Waals surface area contributed by atoms with E-state index in [1.807, 2.05) is 20.8 Å². The van der Waals surface area contributed by atoms with Crippen molar-refractivity contribution < 1.29 is 32.2 Å². The summed E-state index contributed by atoms with van der Waals surface area (Å²) in [6, 6.07) is 7.96. The van der Waals surface area contributed by atoms with Gasteiger partial charge in [0.25, 0.3) is 11.5 Å². The third kappa shape index (κ3) is 6.79. The topological polar surface area (TPSA) is 110 Å². The van der Waals surface area contributed by atoms with E-state index in [2.05, 4.69) is 15.4 Å². The first-order valence-electron chi connectivity index (χ1n) is 13.1. The number of amides is 1. The third-order valence-electron chi connectivity index (χ3n) is 6.01. The van der Waals surface area contributed by atoms with Crippen molar-refractivity contribution in [3.05, 3.63) is 76.0 Å². The molecule has 0 aliphatic heterocycles. The van der Waals surface area contributed by atoms with Crippen LogP contribution in [0, 0.1) is 0 Å². The molecule has 0 spiro atoms. The molecule has 10 nitrogen and oxygen atoms in total. The van der Waals surface area contributed by atoms with Crippen LogP contribution in [0.15, 0.2) is 53.7 Å². The number of carbonyl (C=O) groups is 1. The molecule has 2 heterocycles. The lowest BCUT2D eigenvalue weighted by molar-refractivity contribution is -0.137. The highest BCUT2D eigenvalue weighted by molar-refractivity contribution is 5.95. The molecule has 0 aliphatic rings. The van der Waals surface area contributed by atoms with Gasteiger partial charge in [-0.15, -0.1) is 0 Å². The fourth-order valence-corrected chi connectivity index (χ4v) is 4.21. The van der Waals surface area contributed by atoms with E-state index in [-0.39, 0.29) is 30.9 Å². The Bertz CT molecular complexity index is 1550. The summed E-state index contributed by atoms with van der Waals surface area (Å²) in [5.41, 5.74) is -0.305. The van der Waals surface area contributed by atoms with Crippen molar-refractivity contribution in [1.29, 1.82) is 0 Å². The number of alkyl halides is 3. The summed E-state index contributed by atoms with van der Waals surface area (Å²) in [6.45, 7) is 6.94. The average molecular weight is 574 g/mol. The third-order valence-corrected chi connectivity index (χ3v) is 6.01. The number of aromatic nitrogens is 4. The number of hydrogen-bond donors (Lipinski definition) is 1. The van der Waals surface area contributed by atoms with Gasteiger partial charge in [-0.3, -0.25) is 14.2 Å². The van der Waals surface area contributed by atoms with Crippen molar-refractivity contribution in [3.8, 4) is 17.2 Å². The van der Waals surface area contributed by atoms with Crippen LogP contribution in [0.4, 0.5) is 13.2 Å². The number of carbonyl (C=O) groups excluding carboxylic acids is 1. The normalized spacial score (nSPS) is 11.5. The number of nitrogens with one attached hydrogen (secondary N) is 1. The lowest BCUT2D eigenvalue weighted by Crippen LogP contribution is -2.28. The Kier molecular flexibility index (Phi) is 9.15. The van der Waals surface area contributed by atoms with Gasteiger partial charge in [0.05, 0.1) is 44.7 Å². The maximum atomic E-state index is 13.1. The average Bonchev–Trinajstić information content (AvgIpc) is 3.35. The lowest BCUT2D eigenvalue weighted by atomic mass is 10.1. The molecule has 4 rings (SSSR count). The van der Waals surface area contributed by atoms with Crippen LogP contribution in [0.3, 0.4) is 0 Å². The van der Waals surface area contributed by atoms with Crippen LogP contribution < -0.4 is 25.1 Å². The van der Waals surface area contributed by atoms with Crippen molar-refractivity contribution in [2.45, 2.75) is 40.0 Å². The fraction of sp³-hybridized carbons (Fsp3) is 0.357. The molecule has 0 aliphatic carbocycles. The first kappa shape index (κ1) is 29.4. The Hall–Kier alpha value is -4.55.